The molecule has 1 aromatic carbocycles. The molecule has 0 saturated heterocycles. The molecule has 1 aromatic heterocycles. The first-order valence-electron chi connectivity index (χ1n) is 5.18. The van der Waals surface area contributed by atoms with Crippen molar-refractivity contribution in [2.45, 2.75) is 12.3 Å². The Morgan fingerprint density at radius 3 is 2.41 bits per heavy atom. The van der Waals surface area contributed by atoms with Gasteiger partial charge in [0.15, 0.2) is 0 Å². The number of rotatable bonds is 3. The summed E-state index contributed by atoms with van der Waals surface area (Å²) in [7, 11) is 0. The summed E-state index contributed by atoms with van der Waals surface area (Å²) in [5.41, 5.74) is 5.63. The van der Waals surface area contributed by atoms with E-state index in [1.807, 2.05) is 0 Å². The SMILES string of the molecule is CC(C(=O)O)(c1ccc(N)cc1)c1ccco1. The van der Waals surface area contributed by atoms with Gasteiger partial charge in [-0.3, -0.25) is 4.79 Å². The molecule has 4 heteroatoms. The van der Waals surface area contributed by atoms with E-state index >= 15 is 0 Å². The summed E-state index contributed by atoms with van der Waals surface area (Å²) in [5.74, 6) is -0.563. The lowest BCUT2D eigenvalue weighted by atomic mass is 9.80. The fourth-order valence-corrected chi connectivity index (χ4v) is 1.75. The van der Waals surface area contributed by atoms with Crippen LogP contribution in [0.1, 0.15) is 18.2 Å². The molecule has 0 aliphatic heterocycles. The summed E-state index contributed by atoms with van der Waals surface area (Å²) in [4.78, 5) is 11.5. The third kappa shape index (κ3) is 1.78. The van der Waals surface area contributed by atoms with Crippen LogP contribution < -0.4 is 5.73 Å². The van der Waals surface area contributed by atoms with Gasteiger partial charge in [0.25, 0.3) is 0 Å². The molecule has 0 fully saturated rings. The van der Waals surface area contributed by atoms with Crippen molar-refractivity contribution in [2.24, 2.45) is 0 Å². The molecule has 0 amide bonds. The maximum atomic E-state index is 11.5. The highest BCUT2D eigenvalue weighted by Gasteiger charge is 2.39. The molecule has 1 heterocycles. The smallest absolute Gasteiger partial charge is 0.321 e. The maximum absolute atomic E-state index is 11.5. The van der Waals surface area contributed by atoms with Crippen molar-refractivity contribution < 1.29 is 14.3 Å². The molecular weight excluding hydrogens is 218 g/mol. The number of nitrogens with two attached hydrogens (primary N) is 1. The molecule has 0 aliphatic carbocycles. The summed E-state index contributed by atoms with van der Waals surface area (Å²) < 4.78 is 5.23. The Morgan fingerprint density at radius 1 is 1.29 bits per heavy atom. The average molecular weight is 231 g/mol. The molecule has 1 atom stereocenters. The fourth-order valence-electron chi connectivity index (χ4n) is 1.75. The van der Waals surface area contributed by atoms with Crippen molar-refractivity contribution in [3.05, 3.63) is 54.0 Å². The van der Waals surface area contributed by atoms with Gasteiger partial charge in [-0.15, -0.1) is 0 Å². The van der Waals surface area contributed by atoms with Crippen LogP contribution in [-0.2, 0) is 10.2 Å². The van der Waals surface area contributed by atoms with Crippen LogP contribution in [-0.4, -0.2) is 11.1 Å². The van der Waals surface area contributed by atoms with Gasteiger partial charge in [0, 0.05) is 5.69 Å². The summed E-state index contributed by atoms with van der Waals surface area (Å²) in [6.07, 6.45) is 1.47. The lowest BCUT2D eigenvalue weighted by molar-refractivity contribution is -0.142. The average Bonchev–Trinajstić information content (AvgIpc) is 2.82. The van der Waals surface area contributed by atoms with Crippen molar-refractivity contribution >= 4 is 11.7 Å². The third-order valence-corrected chi connectivity index (χ3v) is 2.93. The summed E-state index contributed by atoms with van der Waals surface area (Å²) in [6.45, 7) is 1.61. The van der Waals surface area contributed by atoms with Gasteiger partial charge in [-0.25, -0.2) is 0 Å². The molecular formula is C13H13NO3. The Morgan fingerprint density at radius 2 is 1.94 bits per heavy atom. The van der Waals surface area contributed by atoms with Gasteiger partial charge in [-0.2, -0.15) is 0 Å². The largest absolute Gasteiger partial charge is 0.480 e. The lowest BCUT2D eigenvalue weighted by Crippen LogP contribution is -2.33. The number of anilines is 1. The fraction of sp³-hybridized carbons (Fsp3) is 0.154. The number of furan rings is 1. The van der Waals surface area contributed by atoms with Crippen LogP contribution in [0.25, 0.3) is 0 Å². The van der Waals surface area contributed by atoms with Gasteiger partial charge in [-0.05, 0) is 36.8 Å². The first-order valence-corrected chi connectivity index (χ1v) is 5.18. The minimum Gasteiger partial charge on any atom is -0.480 e. The van der Waals surface area contributed by atoms with Gasteiger partial charge in [-0.1, -0.05) is 12.1 Å². The first kappa shape index (κ1) is 11.3. The second kappa shape index (κ2) is 3.97. The monoisotopic (exact) mass is 231 g/mol. The van der Waals surface area contributed by atoms with E-state index in [1.165, 1.54) is 6.26 Å². The zero-order chi connectivity index (χ0) is 12.5. The van der Waals surface area contributed by atoms with E-state index in [0.29, 0.717) is 17.0 Å². The molecule has 2 rings (SSSR count). The molecule has 0 saturated carbocycles. The van der Waals surface area contributed by atoms with Crippen molar-refractivity contribution in [1.82, 2.24) is 0 Å². The second-order valence-electron chi connectivity index (χ2n) is 4.03. The maximum Gasteiger partial charge on any atom is 0.321 e. The van der Waals surface area contributed by atoms with Crippen LogP contribution in [0.4, 0.5) is 5.69 Å². The van der Waals surface area contributed by atoms with Gasteiger partial charge >= 0.3 is 5.97 Å². The number of aliphatic carboxylic acids is 1. The normalized spacial score (nSPS) is 14.2. The van der Waals surface area contributed by atoms with Gasteiger partial charge in [0.2, 0.25) is 0 Å². The van der Waals surface area contributed by atoms with Crippen LogP contribution in [0.5, 0.6) is 0 Å². The minimum atomic E-state index is -1.20. The van der Waals surface area contributed by atoms with Crippen LogP contribution in [0.3, 0.4) is 0 Å². The van der Waals surface area contributed by atoms with Crippen LogP contribution in [0.2, 0.25) is 0 Å². The quantitative estimate of drug-likeness (QED) is 0.794. The molecule has 4 nitrogen and oxygen atoms in total. The van der Waals surface area contributed by atoms with E-state index in [2.05, 4.69) is 0 Å². The molecule has 17 heavy (non-hydrogen) atoms. The number of carbonyl (C=O) groups is 1. The molecule has 0 spiro atoms. The highest BCUT2D eigenvalue weighted by atomic mass is 16.4. The van der Waals surface area contributed by atoms with Crippen molar-refractivity contribution in [1.29, 1.82) is 0 Å². The molecule has 1 unspecified atom stereocenters. The van der Waals surface area contributed by atoms with Crippen molar-refractivity contribution in [2.75, 3.05) is 5.73 Å². The van der Waals surface area contributed by atoms with Gasteiger partial charge < -0.3 is 15.3 Å². The van der Waals surface area contributed by atoms with E-state index in [0.717, 1.165) is 0 Å². The predicted octanol–water partition coefficient (Wildman–Crippen LogP) is 2.25. The van der Waals surface area contributed by atoms with Crippen molar-refractivity contribution in [3.8, 4) is 0 Å². The van der Waals surface area contributed by atoms with E-state index in [4.69, 9.17) is 10.2 Å². The minimum absolute atomic E-state index is 0.398. The third-order valence-electron chi connectivity index (χ3n) is 2.93. The summed E-state index contributed by atoms with van der Waals surface area (Å²) >= 11 is 0. The number of benzene rings is 1. The van der Waals surface area contributed by atoms with Gasteiger partial charge in [0.1, 0.15) is 11.2 Å². The zero-order valence-corrected chi connectivity index (χ0v) is 9.38. The Kier molecular flexibility index (Phi) is 2.63. The lowest BCUT2D eigenvalue weighted by Gasteiger charge is -2.23. The Labute approximate surface area is 98.7 Å². The van der Waals surface area contributed by atoms with Crippen molar-refractivity contribution in [3.63, 3.8) is 0 Å². The highest BCUT2D eigenvalue weighted by molar-refractivity contribution is 5.84. The van der Waals surface area contributed by atoms with E-state index in [9.17, 15) is 9.90 Å². The van der Waals surface area contributed by atoms with E-state index in [-0.39, 0.29) is 0 Å². The van der Waals surface area contributed by atoms with E-state index < -0.39 is 11.4 Å². The van der Waals surface area contributed by atoms with Crippen LogP contribution in [0.15, 0.2) is 47.1 Å². The standard InChI is InChI=1S/C13H13NO3/c1-13(12(15)16,11-3-2-8-17-11)9-4-6-10(14)7-5-9/h2-8H,14H2,1H3,(H,15,16). The Hall–Kier alpha value is -2.23. The van der Waals surface area contributed by atoms with E-state index in [1.54, 1.807) is 43.3 Å². The zero-order valence-electron chi connectivity index (χ0n) is 9.38. The van der Waals surface area contributed by atoms with Gasteiger partial charge in [0.05, 0.1) is 6.26 Å². The molecule has 2 aromatic rings. The number of hydrogen-bond acceptors (Lipinski definition) is 3. The number of carboxylic acids is 1. The topological polar surface area (TPSA) is 76.5 Å². The molecule has 88 valence electrons. The Balaban J connectivity index is 2.56. The van der Waals surface area contributed by atoms with Crippen LogP contribution >= 0.6 is 0 Å². The second-order valence-corrected chi connectivity index (χ2v) is 4.03. The summed E-state index contributed by atoms with van der Waals surface area (Å²) in [6, 6.07) is 10.1. The number of nitrogen functional groups attached to an aromatic ring is 1. The number of hydrogen-bond donors (Lipinski definition) is 2. The molecule has 0 aliphatic rings. The van der Waals surface area contributed by atoms with Crippen LogP contribution in [0, 0.1) is 0 Å². The first-order chi connectivity index (χ1) is 8.05. The predicted molar refractivity (Wildman–Crippen MR) is 63.7 cm³/mol. The summed E-state index contributed by atoms with van der Waals surface area (Å²) in [5, 5.41) is 9.44. The molecule has 3 N–H and O–H groups in total. The molecule has 0 bridgehead atoms. The number of carboxylic acid groups (broad SMARTS) is 1. The highest BCUT2D eigenvalue weighted by Crippen LogP contribution is 2.33. The Bertz CT molecular complexity index is 516. The molecule has 0 radical (unpaired) electrons.